The number of carbonyl (C=O) groups excluding carboxylic acids is 1. The molecule has 2 aliphatic heterocycles. The largest absolute Gasteiger partial charge is 0.573 e. The highest BCUT2D eigenvalue weighted by molar-refractivity contribution is 5.73. The van der Waals surface area contributed by atoms with E-state index in [4.69, 9.17) is 4.74 Å². The molecule has 2 aliphatic rings. The smallest absolute Gasteiger partial charge is 0.490 e. The predicted octanol–water partition coefficient (Wildman–Crippen LogP) is 3.77. The summed E-state index contributed by atoms with van der Waals surface area (Å²) in [6.45, 7) is 0. The monoisotopic (exact) mass is 393 g/mol. The Bertz CT molecular complexity index is 813. The molecule has 0 N–H and O–H groups in total. The molecule has 0 spiro atoms. The average molecular weight is 393 g/mol. The van der Waals surface area contributed by atoms with Gasteiger partial charge in [0, 0.05) is 37.3 Å². The molecule has 0 saturated carbocycles. The molecule has 0 radical (unpaired) electrons. The van der Waals surface area contributed by atoms with Gasteiger partial charge < -0.3 is 14.4 Å². The van der Waals surface area contributed by atoms with Crippen molar-refractivity contribution in [1.29, 1.82) is 0 Å². The highest BCUT2D eigenvalue weighted by Gasteiger charge is 2.43. The number of alkyl halides is 3. The quantitative estimate of drug-likeness (QED) is 0.721. The second kappa shape index (κ2) is 7.29. The molecule has 0 amide bonds. The molecule has 1 aromatic heterocycles. The Balaban J connectivity index is 1.39. The number of ether oxygens (including phenoxy) is 2. The number of rotatable bonds is 5. The van der Waals surface area contributed by atoms with Crippen LogP contribution in [0, 0.1) is 0 Å². The summed E-state index contributed by atoms with van der Waals surface area (Å²) in [5.74, 6) is 0.856. The number of anilines is 1. The van der Waals surface area contributed by atoms with Crippen molar-refractivity contribution in [3.63, 3.8) is 0 Å². The van der Waals surface area contributed by atoms with Crippen molar-refractivity contribution in [3.8, 4) is 11.5 Å². The summed E-state index contributed by atoms with van der Waals surface area (Å²) in [4.78, 5) is 21.6. The van der Waals surface area contributed by atoms with E-state index in [9.17, 15) is 18.0 Å². The summed E-state index contributed by atoms with van der Waals surface area (Å²) >= 11 is 0. The summed E-state index contributed by atoms with van der Waals surface area (Å²) in [5.41, 5.74) is 0.437. The number of hydrogen-bond acceptors (Lipinski definition) is 6. The molecule has 2 unspecified atom stereocenters. The van der Waals surface area contributed by atoms with Crippen molar-refractivity contribution in [2.75, 3.05) is 4.90 Å². The van der Waals surface area contributed by atoms with Crippen LogP contribution in [0.5, 0.6) is 11.5 Å². The van der Waals surface area contributed by atoms with E-state index in [2.05, 4.69) is 19.6 Å². The molecule has 2 atom stereocenters. The molecule has 2 bridgehead atoms. The second-order valence-electron chi connectivity index (χ2n) is 6.96. The number of halogens is 3. The van der Waals surface area contributed by atoms with Crippen LogP contribution in [0.1, 0.15) is 36.0 Å². The maximum Gasteiger partial charge on any atom is 0.573 e. The first-order valence-corrected chi connectivity index (χ1v) is 8.99. The third-order valence-electron chi connectivity index (χ3n) is 5.08. The average Bonchev–Trinajstić information content (AvgIpc) is 2.93. The first-order valence-electron chi connectivity index (χ1n) is 8.99. The van der Waals surface area contributed by atoms with Gasteiger partial charge in [-0.15, -0.1) is 13.2 Å². The molecule has 148 valence electrons. The summed E-state index contributed by atoms with van der Waals surface area (Å²) in [7, 11) is 0. The summed E-state index contributed by atoms with van der Waals surface area (Å²) in [6.07, 6.45) is 2.56. The van der Waals surface area contributed by atoms with Gasteiger partial charge in [0.1, 0.15) is 17.6 Å². The first kappa shape index (κ1) is 18.5. The van der Waals surface area contributed by atoms with Crippen LogP contribution in [0.25, 0.3) is 0 Å². The number of benzene rings is 1. The Morgan fingerprint density at radius 2 is 1.57 bits per heavy atom. The van der Waals surface area contributed by atoms with Crippen LogP contribution in [0.15, 0.2) is 36.7 Å². The lowest BCUT2D eigenvalue weighted by molar-refractivity contribution is -0.274. The number of nitrogens with zero attached hydrogens (tertiary/aromatic N) is 3. The second-order valence-corrected chi connectivity index (χ2v) is 6.96. The molecule has 2 aromatic rings. The highest BCUT2D eigenvalue weighted by Crippen LogP contribution is 2.39. The lowest BCUT2D eigenvalue weighted by Gasteiger charge is -2.38. The van der Waals surface area contributed by atoms with Crippen LogP contribution >= 0.6 is 0 Å². The van der Waals surface area contributed by atoms with E-state index in [1.807, 2.05) is 0 Å². The third-order valence-corrected chi connectivity index (χ3v) is 5.08. The fourth-order valence-corrected chi connectivity index (χ4v) is 3.99. The minimum atomic E-state index is -4.71. The SMILES string of the molecule is O=Cc1cnc(N2C3CCC2CC(Oc2ccc(OC(F)(F)F)cc2)C3)nc1. The van der Waals surface area contributed by atoms with Gasteiger partial charge in [-0.2, -0.15) is 0 Å². The molecule has 6 nitrogen and oxygen atoms in total. The van der Waals surface area contributed by atoms with E-state index in [0.29, 0.717) is 23.5 Å². The predicted molar refractivity (Wildman–Crippen MR) is 93.5 cm³/mol. The van der Waals surface area contributed by atoms with Gasteiger partial charge in [-0.1, -0.05) is 0 Å². The van der Waals surface area contributed by atoms with Crippen LogP contribution in [-0.2, 0) is 0 Å². The molecule has 0 aliphatic carbocycles. The standard InChI is InChI=1S/C19H18F3N3O3/c20-19(21,22)28-16-5-3-15(4-6-16)27-17-7-13-1-2-14(8-17)25(13)18-23-9-12(11-26)10-24-18/h3-6,9-11,13-14,17H,1-2,7-8H2. The Labute approximate surface area is 159 Å². The van der Waals surface area contributed by atoms with Gasteiger partial charge in [0.25, 0.3) is 0 Å². The maximum atomic E-state index is 12.2. The molecule has 28 heavy (non-hydrogen) atoms. The molecular formula is C19H18F3N3O3. The zero-order valence-electron chi connectivity index (χ0n) is 14.8. The molecule has 4 rings (SSSR count). The first-order chi connectivity index (χ1) is 13.4. The molecule has 2 fully saturated rings. The summed E-state index contributed by atoms with van der Waals surface area (Å²) in [6, 6.07) is 5.93. The number of piperidine rings is 1. The van der Waals surface area contributed by atoms with Gasteiger partial charge in [0.05, 0.1) is 5.56 Å². The fourth-order valence-electron chi connectivity index (χ4n) is 3.99. The van der Waals surface area contributed by atoms with Crippen LogP contribution in [0.3, 0.4) is 0 Å². The molecule has 2 saturated heterocycles. The molecule has 9 heteroatoms. The Morgan fingerprint density at radius 3 is 2.11 bits per heavy atom. The number of aromatic nitrogens is 2. The van der Waals surface area contributed by atoms with Gasteiger partial charge in [-0.3, -0.25) is 4.79 Å². The Kier molecular flexibility index (Phi) is 4.82. The zero-order valence-corrected chi connectivity index (χ0v) is 14.8. The maximum absolute atomic E-state index is 12.2. The van der Waals surface area contributed by atoms with Crippen molar-refractivity contribution in [3.05, 3.63) is 42.2 Å². The normalized spacial score (nSPS) is 24.1. The summed E-state index contributed by atoms with van der Waals surface area (Å²) < 4.78 is 46.6. The topological polar surface area (TPSA) is 64.6 Å². The summed E-state index contributed by atoms with van der Waals surface area (Å²) in [5, 5.41) is 0. The van der Waals surface area contributed by atoms with Crippen molar-refractivity contribution in [2.45, 2.75) is 50.2 Å². The number of carbonyl (C=O) groups is 1. The fraction of sp³-hybridized carbons (Fsp3) is 0.421. The van der Waals surface area contributed by atoms with E-state index in [1.54, 1.807) is 0 Å². The van der Waals surface area contributed by atoms with Crippen molar-refractivity contribution < 1.29 is 27.4 Å². The van der Waals surface area contributed by atoms with E-state index >= 15 is 0 Å². The number of hydrogen-bond donors (Lipinski definition) is 0. The van der Waals surface area contributed by atoms with Crippen LogP contribution in [0.4, 0.5) is 19.1 Å². The number of fused-ring (bicyclic) bond motifs is 2. The van der Waals surface area contributed by atoms with Crippen molar-refractivity contribution in [1.82, 2.24) is 9.97 Å². The lowest BCUT2D eigenvalue weighted by Crippen LogP contribution is -2.47. The van der Waals surface area contributed by atoms with Gasteiger partial charge in [0.15, 0.2) is 6.29 Å². The Hall–Kier alpha value is -2.84. The van der Waals surface area contributed by atoms with Crippen LogP contribution in [0.2, 0.25) is 0 Å². The third kappa shape index (κ3) is 4.02. The van der Waals surface area contributed by atoms with Crippen molar-refractivity contribution in [2.24, 2.45) is 0 Å². The van der Waals surface area contributed by atoms with Crippen LogP contribution < -0.4 is 14.4 Å². The van der Waals surface area contributed by atoms with Gasteiger partial charge in [0.2, 0.25) is 5.95 Å². The van der Waals surface area contributed by atoms with Crippen molar-refractivity contribution >= 4 is 12.2 Å². The van der Waals surface area contributed by atoms with E-state index in [0.717, 1.165) is 25.7 Å². The molecule has 3 heterocycles. The molecule has 1 aromatic carbocycles. The minimum Gasteiger partial charge on any atom is -0.490 e. The van der Waals surface area contributed by atoms with E-state index in [-0.39, 0.29) is 23.9 Å². The van der Waals surface area contributed by atoms with E-state index < -0.39 is 6.36 Å². The molecular weight excluding hydrogens is 375 g/mol. The zero-order chi connectivity index (χ0) is 19.7. The van der Waals surface area contributed by atoms with Crippen LogP contribution in [-0.4, -0.2) is 40.8 Å². The van der Waals surface area contributed by atoms with E-state index in [1.165, 1.54) is 36.7 Å². The lowest BCUT2D eigenvalue weighted by atomic mass is 10.00. The highest BCUT2D eigenvalue weighted by atomic mass is 19.4. The number of aldehydes is 1. The van der Waals surface area contributed by atoms with Gasteiger partial charge in [-0.05, 0) is 37.1 Å². The van der Waals surface area contributed by atoms with Gasteiger partial charge in [-0.25, -0.2) is 9.97 Å². The Morgan fingerprint density at radius 1 is 1.00 bits per heavy atom. The minimum absolute atomic E-state index is 0.0302. The van der Waals surface area contributed by atoms with Gasteiger partial charge >= 0.3 is 6.36 Å².